The van der Waals surface area contributed by atoms with E-state index in [1.807, 2.05) is 0 Å². The Hall–Kier alpha value is -1.76. The van der Waals surface area contributed by atoms with Gasteiger partial charge in [0, 0.05) is 13.1 Å². The standard InChI is InChI=1S/C13H13ClF3N3O/c14-12(21)19-5-7-20(8-6-19)18-9-10-1-3-11(4-2-10)13(15,16)17/h1-4,9H,5-8H2/b18-9+. The number of hydrogen-bond acceptors (Lipinski definition) is 3. The number of alkyl halides is 3. The van der Waals surface area contributed by atoms with Crippen LogP contribution in [-0.2, 0) is 6.18 Å². The SMILES string of the molecule is O=C(Cl)N1CCN(/N=C/c2ccc(C(F)(F)F)cc2)CC1. The van der Waals surface area contributed by atoms with Crippen LogP contribution in [0.4, 0.5) is 18.0 Å². The fourth-order valence-electron chi connectivity index (χ4n) is 1.89. The van der Waals surface area contributed by atoms with Gasteiger partial charge in [0.05, 0.1) is 24.9 Å². The minimum Gasteiger partial charge on any atom is -0.326 e. The molecule has 1 saturated heterocycles. The first-order valence-electron chi connectivity index (χ1n) is 6.27. The van der Waals surface area contributed by atoms with Gasteiger partial charge in [-0.15, -0.1) is 0 Å². The Morgan fingerprint density at radius 1 is 1.14 bits per heavy atom. The molecule has 21 heavy (non-hydrogen) atoms. The van der Waals surface area contributed by atoms with Crippen molar-refractivity contribution in [2.24, 2.45) is 5.10 Å². The summed E-state index contributed by atoms with van der Waals surface area (Å²) in [7, 11) is 0. The minimum absolute atomic E-state index is 0.479. The van der Waals surface area contributed by atoms with Gasteiger partial charge in [0.1, 0.15) is 0 Å². The van der Waals surface area contributed by atoms with Crippen molar-refractivity contribution in [2.75, 3.05) is 26.2 Å². The Morgan fingerprint density at radius 2 is 1.71 bits per heavy atom. The van der Waals surface area contributed by atoms with Crippen LogP contribution in [0, 0.1) is 0 Å². The number of piperazine rings is 1. The molecule has 1 aromatic carbocycles. The molecule has 114 valence electrons. The van der Waals surface area contributed by atoms with Crippen LogP contribution >= 0.6 is 11.6 Å². The second-order valence-corrected chi connectivity index (χ2v) is 4.88. The molecular weight excluding hydrogens is 307 g/mol. The van der Waals surface area contributed by atoms with E-state index in [9.17, 15) is 18.0 Å². The molecule has 0 atom stereocenters. The monoisotopic (exact) mass is 319 g/mol. The summed E-state index contributed by atoms with van der Waals surface area (Å²) in [5.41, 5.74) is -0.104. The van der Waals surface area contributed by atoms with Crippen molar-refractivity contribution in [1.29, 1.82) is 0 Å². The highest BCUT2D eigenvalue weighted by molar-refractivity contribution is 6.62. The summed E-state index contributed by atoms with van der Waals surface area (Å²) in [6, 6.07) is 4.77. The first-order valence-corrected chi connectivity index (χ1v) is 6.64. The molecular formula is C13H13ClF3N3O. The van der Waals surface area contributed by atoms with E-state index in [1.54, 1.807) is 5.01 Å². The molecule has 1 fully saturated rings. The van der Waals surface area contributed by atoms with E-state index in [-0.39, 0.29) is 0 Å². The van der Waals surface area contributed by atoms with Gasteiger partial charge in [-0.3, -0.25) is 9.80 Å². The van der Waals surface area contributed by atoms with Gasteiger partial charge in [-0.2, -0.15) is 18.3 Å². The molecule has 0 bridgehead atoms. The van der Waals surface area contributed by atoms with Crippen LogP contribution in [0.5, 0.6) is 0 Å². The number of carbonyl (C=O) groups excluding carboxylic acids is 1. The third kappa shape index (κ3) is 4.35. The van der Waals surface area contributed by atoms with Gasteiger partial charge in [-0.05, 0) is 29.3 Å². The van der Waals surface area contributed by atoms with E-state index in [2.05, 4.69) is 5.10 Å². The third-order valence-electron chi connectivity index (χ3n) is 3.11. The third-order valence-corrected chi connectivity index (χ3v) is 3.35. The molecule has 0 spiro atoms. The Morgan fingerprint density at radius 3 is 2.19 bits per heavy atom. The predicted molar refractivity (Wildman–Crippen MR) is 73.4 cm³/mol. The van der Waals surface area contributed by atoms with Crippen LogP contribution in [-0.4, -0.2) is 47.7 Å². The van der Waals surface area contributed by atoms with Crippen LogP contribution in [0.3, 0.4) is 0 Å². The average molecular weight is 320 g/mol. The lowest BCUT2D eigenvalue weighted by molar-refractivity contribution is -0.137. The summed E-state index contributed by atoms with van der Waals surface area (Å²) in [6.45, 7) is 2.03. The summed E-state index contributed by atoms with van der Waals surface area (Å²) < 4.78 is 37.2. The second-order valence-electron chi connectivity index (χ2n) is 4.56. The van der Waals surface area contributed by atoms with Crippen molar-refractivity contribution < 1.29 is 18.0 Å². The molecule has 8 heteroatoms. The average Bonchev–Trinajstić information content (AvgIpc) is 2.45. The Kier molecular flexibility index (Phi) is 4.72. The van der Waals surface area contributed by atoms with Gasteiger partial charge in [0.15, 0.2) is 0 Å². The number of hydrogen-bond donors (Lipinski definition) is 0. The van der Waals surface area contributed by atoms with E-state index < -0.39 is 17.1 Å². The van der Waals surface area contributed by atoms with Gasteiger partial charge in [0.2, 0.25) is 0 Å². The molecule has 0 saturated carbocycles. The highest BCUT2D eigenvalue weighted by Gasteiger charge is 2.29. The zero-order chi connectivity index (χ0) is 15.5. The highest BCUT2D eigenvalue weighted by Crippen LogP contribution is 2.28. The van der Waals surface area contributed by atoms with E-state index in [1.165, 1.54) is 23.2 Å². The van der Waals surface area contributed by atoms with Gasteiger partial charge < -0.3 is 4.90 Å². The lowest BCUT2D eigenvalue weighted by Gasteiger charge is -2.31. The second kappa shape index (κ2) is 6.34. The van der Waals surface area contributed by atoms with Crippen LogP contribution in [0.15, 0.2) is 29.4 Å². The van der Waals surface area contributed by atoms with Crippen LogP contribution in [0.2, 0.25) is 0 Å². The number of carbonyl (C=O) groups is 1. The number of hydrazone groups is 1. The highest BCUT2D eigenvalue weighted by atomic mass is 35.5. The molecule has 1 aromatic rings. The fourth-order valence-corrected chi connectivity index (χ4v) is 2.06. The van der Waals surface area contributed by atoms with E-state index >= 15 is 0 Å². The molecule has 4 nitrogen and oxygen atoms in total. The zero-order valence-corrected chi connectivity index (χ0v) is 11.7. The van der Waals surface area contributed by atoms with Crippen molar-refractivity contribution in [3.63, 3.8) is 0 Å². The number of halogens is 4. The molecule has 1 amide bonds. The molecule has 0 aliphatic carbocycles. The first-order chi connectivity index (χ1) is 9.86. The minimum atomic E-state index is -4.33. The topological polar surface area (TPSA) is 35.9 Å². The fraction of sp³-hybridized carbons (Fsp3) is 0.385. The number of rotatable bonds is 2. The maximum Gasteiger partial charge on any atom is 0.416 e. The van der Waals surface area contributed by atoms with Gasteiger partial charge >= 0.3 is 11.5 Å². The Balaban J connectivity index is 1.92. The van der Waals surface area contributed by atoms with Crippen molar-refractivity contribution in [1.82, 2.24) is 9.91 Å². The van der Waals surface area contributed by atoms with Crippen molar-refractivity contribution >= 4 is 23.2 Å². The predicted octanol–water partition coefficient (Wildman–Crippen LogP) is 3.02. The number of amides is 1. The maximum atomic E-state index is 12.4. The van der Waals surface area contributed by atoms with Gasteiger partial charge in [0.25, 0.3) is 0 Å². The van der Waals surface area contributed by atoms with Gasteiger partial charge in [-0.25, -0.2) is 0 Å². The molecule has 0 aromatic heterocycles. The smallest absolute Gasteiger partial charge is 0.326 e. The van der Waals surface area contributed by atoms with Crippen molar-refractivity contribution in [3.8, 4) is 0 Å². The largest absolute Gasteiger partial charge is 0.416 e. The molecule has 1 aliphatic rings. The van der Waals surface area contributed by atoms with Crippen LogP contribution < -0.4 is 0 Å². The summed E-state index contributed by atoms with van der Waals surface area (Å²) in [5, 5.41) is 5.44. The molecule has 0 N–H and O–H groups in total. The summed E-state index contributed by atoms with van der Waals surface area (Å²) >= 11 is 5.37. The molecule has 2 rings (SSSR count). The summed E-state index contributed by atoms with van der Waals surface area (Å²) in [5.74, 6) is 0. The molecule has 0 unspecified atom stereocenters. The van der Waals surface area contributed by atoms with E-state index in [4.69, 9.17) is 11.6 Å². The van der Waals surface area contributed by atoms with Gasteiger partial charge in [-0.1, -0.05) is 12.1 Å². The Bertz CT molecular complexity index is 522. The molecule has 0 radical (unpaired) electrons. The van der Waals surface area contributed by atoms with Crippen molar-refractivity contribution in [3.05, 3.63) is 35.4 Å². The van der Waals surface area contributed by atoms with Crippen LogP contribution in [0.25, 0.3) is 0 Å². The normalized spacial score (nSPS) is 16.6. The first kappa shape index (κ1) is 15.6. The van der Waals surface area contributed by atoms with E-state index in [0.29, 0.717) is 31.7 Å². The molecule has 1 aliphatic heterocycles. The zero-order valence-electron chi connectivity index (χ0n) is 11.0. The molecule has 1 heterocycles. The summed E-state index contributed by atoms with van der Waals surface area (Å²) in [4.78, 5) is 12.4. The lowest BCUT2D eigenvalue weighted by atomic mass is 10.1. The van der Waals surface area contributed by atoms with E-state index in [0.717, 1.165) is 12.1 Å². The van der Waals surface area contributed by atoms with Crippen LogP contribution in [0.1, 0.15) is 11.1 Å². The quantitative estimate of drug-likeness (QED) is 0.477. The Labute approximate surface area is 124 Å². The number of nitrogens with zero attached hydrogens (tertiary/aromatic N) is 3. The summed E-state index contributed by atoms with van der Waals surface area (Å²) in [6.07, 6.45) is -2.83. The number of benzene rings is 1. The maximum absolute atomic E-state index is 12.4. The lowest BCUT2D eigenvalue weighted by Crippen LogP contribution is -2.45. The van der Waals surface area contributed by atoms with Crippen molar-refractivity contribution in [2.45, 2.75) is 6.18 Å².